The summed E-state index contributed by atoms with van der Waals surface area (Å²) in [6.07, 6.45) is 1.80. The van der Waals surface area contributed by atoms with E-state index in [-0.39, 0.29) is 5.56 Å². The number of aromatic nitrogens is 2. The molecule has 0 N–H and O–H groups in total. The molecule has 5 heteroatoms. The molecule has 0 radical (unpaired) electrons. The Morgan fingerprint density at radius 3 is 2.71 bits per heavy atom. The molecule has 106 valence electrons. The van der Waals surface area contributed by atoms with Crippen LogP contribution in [0.4, 0.5) is 0 Å². The van der Waals surface area contributed by atoms with Gasteiger partial charge in [0.2, 0.25) is 0 Å². The van der Waals surface area contributed by atoms with Crippen molar-refractivity contribution in [3.63, 3.8) is 0 Å². The van der Waals surface area contributed by atoms with Crippen LogP contribution in [-0.4, -0.2) is 9.55 Å². The molecule has 2 aromatic heterocycles. The summed E-state index contributed by atoms with van der Waals surface area (Å²) in [5.74, 6) is 0.414. The van der Waals surface area contributed by atoms with Crippen LogP contribution in [0.15, 0.2) is 58.8 Å². The van der Waals surface area contributed by atoms with E-state index in [1.807, 2.05) is 35.7 Å². The Labute approximate surface area is 131 Å². The van der Waals surface area contributed by atoms with Gasteiger partial charge in [0.1, 0.15) is 5.01 Å². The van der Waals surface area contributed by atoms with E-state index < -0.39 is 0 Å². The van der Waals surface area contributed by atoms with Crippen LogP contribution in [0.25, 0.3) is 10.6 Å². The molecular formula is C16H13ClN2OS. The van der Waals surface area contributed by atoms with Crippen molar-refractivity contribution in [3.8, 4) is 10.6 Å². The summed E-state index contributed by atoms with van der Waals surface area (Å²) >= 11 is 7.39. The fourth-order valence-corrected chi connectivity index (χ4v) is 3.24. The largest absolute Gasteiger partial charge is 0.311 e. The second-order valence-electron chi connectivity index (χ2n) is 4.60. The molecule has 0 fully saturated rings. The van der Waals surface area contributed by atoms with Gasteiger partial charge in [-0.15, -0.1) is 22.9 Å². The Kier molecular flexibility index (Phi) is 4.18. The van der Waals surface area contributed by atoms with Crippen molar-refractivity contribution >= 4 is 22.9 Å². The number of hydrogen-bond donors (Lipinski definition) is 0. The van der Waals surface area contributed by atoms with Crippen LogP contribution < -0.4 is 5.56 Å². The Bertz CT molecular complexity index is 810. The number of pyridine rings is 1. The maximum atomic E-state index is 11.9. The summed E-state index contributed by atoms with van der Waals surface area (Å²) in [6, 6.07) is 13.2. The van der Waals surface area contributed by atoms with Gasteiger partial charge in [-0.25, -0.2) is 4.98 Å². The molecule has 0 amide bonds. The van der Waals surface area contributed by atoms with E-state index in [9.17, 15) is 4.79 Å². The topological polar surface area (TPSA) is 34.9 Å². The van der Waals surface area contributed by atoms with E-state index in [2.05, 4.69) is 4.98 Å². The van der Waals surface area contributed by atoms with E-state index in [0.29, 0.717) is 12.4 Å². The highest BCUT2D eigenvalue weighted by Gasteiger charge is 2.09. The quantitative estimate of drug-likeness (QED) is 0.687. The molecule has 0 saturated carbocycles. The number of hydrogen-bond acceptors (Lipinski definition) is 3. The zero-order chi connectivity index (χ0) is 14.7. The van der Waals surface area contributed by atoms with Crippen molar-refractivity contribution in [2.24, 2.45) is 0 Å². The predicted octanol–water partition coefficient (Wildman–Crippen LogP) is 3.76. The second kappa shape index (κ2) is 6.24. The first-order valence-corrected chi connectivity index (χ1v) is 7.93. The van der Waals surface area contributed by atoms with E-state index >= 15 is 0 Å². The number of halogens is 1. The molecule has 1 aromatic carbocycles. The lowest BCUT2D eigenvalue weighted by Gasteiger charge is -2.09. The third kappa shape index (κ3) is 3.06. The van der Waals surface area contributed by atoms with Gasteiger partial charge in [-0.3, -0.25) is 4.79 Å². The lowest BCUT2D eigenvalue weighted by atomic mass is 10.1. The molecule has 0 aliphatic heterocycles. The summed E-state index contributed by atoms with van der Waals surface area (Å²) < 4.78 is 1.69. The maximum Gasteiger partial charge on any atom is 0.250 e. The van der Waals surface area contributed by atoms with Gasteiger partial charge >= 0.3 is 0 Å². The first-order valence-electron chi connectivity index (χ1n) is 6.52. The van der Waals surface area contributed by atoms with Crippen LogP contribution >= 0.6 is 22.9 Å². The minimum absolute atomic E-state index is 0.00658. The molecule has 0 atom stereocenters. The van der Waals surface area contributed by atoms with Crippen LogP contribution in [0, 0.1) is 0 Å². The number of nitrogens with zero attached hydrogens (tertiary/aromatic N) is 2. The fourth-order valence-electron chi connectivity index (χ4n) is 2.13. The minimum atomic E-state index is -0.00658. The zero-order valence-corrected chi connectivity index (χ0v) is 12.8. The van der Waals surface area contributed by atoms with Gasteiger partial charge in [-0.05, 0) is 11.6 Å². The van der Waals surface area contributed by atoms with Crippen LogP contribution in [0.3, 0.4) is 0 Å². The normalized spacial score (nSPS) is 10.7. The molecule has 0 aliphatic rings. The van der Waals surface area contributed by atoms with Crippen molar-refractivity contribution in [1.82, 2.24) is 9.55 Å². The van der Waals surface area contributed by atoms with Crippen molar-refractivity contribution in [1.29, 1.82) is 0 Å². The second-order valence-corrected chi connectivity index (χ2v) is 5.73. The Morgan fingerprint density at radius 2 is 1.95 bits per heavy atom. The highest BCUT2D eigenvalue weighted by atomic mass is 35.5. The molecule has 0 unspecified atom stereocenters. The smallest absolute Gasteiger partial charge is 0.250 e. The third-order valence-electron chi connectivity index (χ3n) is 3.18. The summed E-state index contributed by atoms with van der Waals surface area (Å²) in [7, 11) is 0. The molecule has 3 nitrogen and oxygen atoms in total. The van der Waals surface area contributed by atoms with Crippen molar-refractivity contribution in [3.05, 3.63) is 75.7 Å². The van der Waals surface area contributed by atoms with E-state index in [1.165, 1.54) is 0 Å². The van der Waals surface area contributed by atoms with Gasteiger partial charge in [0, 0.05) is 23.2 Å². The van der Waals surface area contributed by atoms with Crippen LogP contribution in [0.5, 0.6) is 0 Å². The maximum absolute atomic E-state index is 11.9. The number of thiazole rings is 1. The van der Waals surface area contributed by atoms with Crippen LogP contribution in [-0.2, 0) is 12.4 Å². The summed E-state index contributed by atoms with van der Waals surface area (Å²) in [5, 5.41) is 2.90. The lowest BCUT2D eigenvalue weighted by Crippen LogP contribution is -2.18. The van der Waals surface area contributed by atoms with Gasteiger partial charge in [0.15, 0.2) is 0 Å². The van der Waals surface area contributed by atoms with Gasteiger partial charge < -0.3 is 4.57 Å². The van der Waals surface area contributed by atoms with E-state index in [1.54, 1.807) is 34.2 Å². The zero-order valence-electron chi connectivity index (χ0n) is 11.2. The lowest BCUT2D eigenvalue weighted by molar-refractivity contribution is 0.760. The molecular weight excluding hydrogens is 304 g/mol. The van der Waals surface area contributed by atoms with E-state index in [0.717, 1.165) is 21.8 Å². The number of alkyl halides is 1. The first kappa shape index (κ1) is 14.0. The SMILES string of the molecule is O=c1ccccn1Cc1ccccc1-c1nc(CCl)cs1. The molecule has 0 saturated heterocycles. The Morgan fingerprint density at radius 1 is 1.14 bits per heavy atom. The highest BCUT2D eigenvalue weighted by molar-refractivity contribution is 7.13. The molecule has 2 heterocycles. The van der Waals surface area contributed by atoms with Gasteiger partial charge in [-0.2, -0.15) is 0 Å². The molecule has 3 rings (SSSR count). The Hall–Kier alpha value is -1.91. The fraction of sp³-hybridized carbons (Fsp3) is 0.125. The van der Waals surface area contributed by atoms with Gasteiger partial charge in [0.05, 0.1) is 18.1 Å². The van der Waals surface area contributed by atoms with Crippen molar-refractivity contribution < 1.29 is 0 Å². The molecule has 21 heavy (non-hydrogen) atoms. The summed E-state index contributed by atoms with van der Waals surface area (Å²) in [5.41, 5.74) is 2.99. The monoisotopic (exact) mass is 316 g/mol. The molecule has 0 spiro atoms. The first-order chi connectivity index (χ1) is 10.3. The average molecular weight is 317 g/mol. The van der Waals surface area contributed by atoms with Gasteiger partial charge in [0.25, 0.3) is 5.56 Å². The number of rotatable bonds is 4. The van der Waals surface area contributed by atoms with Crippen molar-refractivity contribution in [2.75, 3.05) is 0 Å². The van der Waals surface area contributed by atoms with Crippen LogP contribution in [0.2, 0.25) is 0 Å². The van der Waals surface area contributed by atoms with Crippen LogP contribution in [0.1, 0.15) is 11.3 Å². The highest BCUT2D eigenvalue weighted by Crippen LogP contribution is 2.27. The summed E-state index contributed by atoms with van der Waals surface area (Å²) in [6.45, 7) is 0.533. The van der Waals surface area contributed by atoms with Crippen molar-refractivity contribution in [2.45, 2.75) is 12.4 Å². The van der Waals surface area contributed by atoms with E-state index in [4.69, 9.17) is 11.6 Å². The molecule has 0 bridgehead atoms. The standard InChI is InChI=1S/C16H13ClN2OS/c17-9-13-11-21-16(18-13)14-6-2-1-5-12(14)10-19-8-4-3-7-15(19)20/h1-8,11H,9-10H2. The summed E-state index contributed by atoms with van der Waals surface area (Å²) in [4.78, 5) is 16.4. The Balaban J connectivity index is 2.00. The van der Waals surface area contributed by atoms with Gasteiger partial charge in [-0.1, -0.05) is 30.3 Å². The minimum Gasteiger partial charge on any atom is -0.311 e. The number of benzene rings is 1. The molecule has 3 aromatic rings. The molecule has 0 aliphatic carbocycles. The predicted molar refractivity (Wildman–Crippen MR) is 86.9 cm³/mol. The third-order valence-corrected chi connectivity index (χ3v) is 4.37. The average Bonchev–Trinajstić information content (AvgIpc) is 2.99.